The standard InChI is InChI=1S/C17H14FNOS/c1-9-11(3-2-4-15(9)20)12-8-13(12)17-19-14-7-10(18)5-6-16(14)21-17/h2-7,12-13,20H,8H2,1H3. The van der Waals surface area contributed by atoms with Crippen LogP contribution < -0.4 is 0 Å². The van der Waals surface area contributed by atoms with Crippen LogP contribution in [0.25, 0.3) is 10.2 Å². The van der Waals surface area contributed by atoms with Gasteiger partial charge in [0.2, 0.25) is 0 Å². The van der Waals surface area contributed by atoms with E-state index in [4.69, 9.17) is 0 Å². The minimum atomic E-state index is -0.240. The van der Waals surface area contributed by atoms with Crippen LogP contribution in [0.4, 0.5) is 4.39 Å². The first-order chi connectivity index (χ1) is 10.1. The van der Waals surface area contributed by atoms with Gasteiger partial charge < -0.3 is 5.11 Å². The highest BCUT2D eigenvalue weighted by atomic mass is 32.1. The molecule has 21 heavy (non-hydrogen) atoms. The number of phenolic OH excluding ortho intramolecular Hbond substituents is 1. The number of thiazole rings is 1. The van der Waals surface area contributed by atoms with Gasteiger partial charge in [-0.3, -0.25) is 0 Å². The van der Waals surface area contributed by atoms with E-state index >= 15 is 0 Å². The molecule has 2 nitrogen and oxygen atoms in total. The molecule has 1 fully saturated rings. The van der Waals surface area contributed by atoms with E-state index in [0.29, 0.717) is 17.6 Å². The first kappa shape index (κ1) is 12.8. The molecule has 3 aromatic rings. The zero-order valence-corrected chi connectivity index (χ0v) is 12.3. The summed E-state index contributed by atoms with van der Waals surface area (Å²) in [6.45, 7) is 1.95. The molecule has 106 valence electrons. The van der Waals surface area contributed by atoms with Crippen molar-refractivity contribution in [1.29, 1.82) is 0 Å². The zero-order valence-electron chi connectivity index (χ0n) is 11.5. The minimum absolute atomic E-state index is 0.240. The van der Waals surface area contributed by atoms with E-state index in [1.54, 1.807) is 23.5 Å². The molecule has 0 bridgehead atoms. The summed E-state index contributed by atoms with van der Waals surface area (Å²) in [6, 6.07) is 10.5. The fraction of sp³-hybridized carbons (Fsp3) is 0.235. The van der Waals surface area contributed by atoms with Crippen molar-refractivity contribution in [2.75, 3.05) is 0 Å². The van der Waals surface area contributed by atoms with Gasteiger partial charge in [-0.2, -0.15) is 0 Å². The Balaban J connectivity index is 1.67. The largest absolute Gasteiger partial charge is 0.508 e. The quantitative estimate of drug-likeness (QED) is 0.742. The van der Waals surface area contributed by atoms with Gasteiger partial charge >= 0.3 is 0 Å². The smallest absolute Gasteiger partial charge is 0.125 e. The van der Waals surface area contributed by atoms with Crippen molar-refractivity contribution in [3.8, 4) is 5.75 Å². The van der Waals surface area contributed by atoms with Crippen LogP contribution in [0.3, 0.4) is 0 Å². The first-order valence-corrected chi connectivity index (χ1v) is 7.79. The van der Waals surface area contributed by atoms with Gasteiger partial charge in [0, 0.05) is 12.0 Å². The highest BCUT2D eigenvalue weighted by Gasteiger charge is 2.42. The maximum atomic E-state index is 13.2. The van der Waals surface area contributed by atoms with Gasteiger partial charge in [-0.15, -0.1) is 11.3 Å². The monoisotopic (exact) mass is 299 g/mol. The summed E-state index contributed by atoms with van der Waals surface area (Å²) in [6.07, 6.45) is 1.05. The lowest BCUT2D eigenvalue weighted by atomic mass is 10.0. The number of hydrogen-bond donors (Lipinski definition) is 1. The Bertz CT molecular complexity index is 842. The molecule has 1 heterocycles. The van der Waals surface area contributed by atoms with Gasteiger partial charge in [-0.1, -0.05) is 12.1 Å². The van der Waals surface area contributed by atoms with Gasteiger partial charge in [-0.05, 0) is 48.6 Å². The lowest BCUT2D eigenvalue weighted by Gasteiger charge is -2.06. The molecule has 4 rings (SSSR count). The molecule has 1 aliphatic rings. The van der Waals surface area contributed by atoms with Crippen LogP contribution in [-0.4, -0.2) is 10.1 Å². The number of aromatic hydroxyl groups is 1. The predicted octanol–water partition coefficient (Wildman–Crippen LogP) is 4.72. The molecular weight excluding hydrogens is 285 g/mol. The van der Waals surface area contributed by atoms with Gasteiger partial charge in [-0.25, -0.2) is 9.37 Å². The van der Waals surface area contributed by atoms with E-state index < -0.39 is 0 Å². The Hall–Kier alpha value is -1.94. The SMILES string of the molecule is Cc1c(O)cccc1C1CC1c1nc2cc(F)ccc2s1. The lowest BCUT2D eigenvalue weighted by molar-refractivity contribution is 0.470. The summed E-state index contributed by atoms with van der Waals surface area (Å²) in [5.41, 5.74) is 2.90. The maximum absolute atomic E-state index is 13.2. The van der Waals surface area contributed by atoms with E-state index in [1.807, 2.05) is 13.0 Å². The summed E-state index contributed by atoms with van der Waals surface area (Å²) in [5.74, 6) is 0.925. The van der Waals surface area contributed by atoms with E-state index in [2.05, 4.69) is 11.1 Å². The van der Waals surface area contributed by atoms with Crippen molar-refractivity contribution >= 4 is 21.6 Å². The zero-order chi connectivity index (χ0) is 14.6. The second-order valence-corrected chi connectivity index (χ2v) is 6.67. The van der Waals surface area contributed by atoms with Crippen molar-refractivity contribution in [3.05, 3.63) is 58.3 Å². The van der Waals surface area contributed by atoms with Crippen LogP contribution in [0.15, 0.2) is 36.4 Å². The number of halogens is 1. The Labute approximate surface area is 125 Å². The number of rotatable bonds is 2. The minimum Gasteiger partial charge on any atom is -0.508 e. The average molecular weight is 299 g/mol. The molecule has 1 N–H and O–H groups in total. The average Bonchev–Trinajstić information content (AvgIpc) is 3.14. The summed E-state index contributed by atoms with van der Waals surface area (Å²) < 4.78 is 14.3. The van der Waals surface area contributed by atoms with Crippen molar-refractivity contribution in [3.63, 3.8) is 0 Å². The molecule has 0 aliphatic heterocycles. The third-order valence-electron chi connectivity index (χ3n) is 4.22. The molecule has 0 saturated heterocycles. The van der Waals surface area contributed by atoms with Gasteiger partial charge in [0.25, 0.3) is 0 Å². The van der Waals surface area contributed by atoms with Gasteiger partial charge in [0.15, 0.2) is 0 Å². The van der Waals surface area contributed by atoms with Gasteiger partial charge in [0.1, 0.15) is 11.6 Å². The van der Waals surface area contributed by atoms with Crippen molar-refractivity contribution < 1.29 is 9.50 Å². The van der Waals surface area contributed by atoms with E-state index in [-0.39, 0.29) is 5.82 Å². The number of benzene rings is 2. The molecule has 1 saturated carbocycles. The number of hydrogen-bond acceptors (Lipinski definition) is 3. The maximum Gasteiger partial charge on any atom is 0.125 e. The second-order valence-electron chi connectivity index (χ2n) is 5.60. The van der Waals surface area contributed by atoms with Crippen molar-refractivity contribution in [2.45, 2.75) is 25.2 Å². The molecular formula is C17H14FNOS. The molecule has 0 spiro atoms. The fourth-order valence-electron chi connectivity index (χ4n) is 2.93. The predicted molar refractivity (Wildman–Crippen MR) is 82.5 cm³/mol. The summed E-state index contributed by atoms with van der Waals surface area (Å²) in [7, 11) is 0. The second kappa shape index (κ2) is 4.53. The molecule has 2 unspecified atom stereocenters. The molecule has 4 heteroatoms. The third-order valence-corrected chi connectivity index (χ3v) is 5.39. The van der Waals surface area contributed by atoms with Crippen molar-refractivity contribution in [1.82, 2.24) is 4.98 Å². The Morgan fingerprint density at radius 2 is 2.10 bits per heavy atom. The Kier molecular flexibility index (Phi) is 2.76. The van der Waals surface area contributed by atoms with Gasteiger partial charge in [0.05, 0.1) is 15.2 Å². The van der Waals surface area contributed by atoms with Crippen LogP contribution >= 0.6 is 11.3 Å². The Morgan fingerprint density at radius 1 is 1.24 bits per heavy atom. The number of nitrogens with zero attached hydrogens (tertiary/aromatic N) is 1. The summed E-state index contributed by atoms with van der Waals surface area (Å²) >= 11 is 1.64. The van der Waals surface area contributed by atoms with Crippen LogP contribution in [-0.2, 0) is 0 Å². The molecule has 2 aromatic carbocycles. The van der Waals surface area contributed by atoms with Crippen LogP contribution in [0, 0.1) is 12.7 Å². The molecule has 1 aliphatic carbocycles. The highest BCUT2D eigenvalue weighted by Crippen LogP contribution is 2.57. The Morgan fingerprint density at radius 3 is 2.95 bits per heavy atom. The molecule has 1 aromatic heterocycles. The van der Waals surface area contributed by atoms with E-state index in [1.165, 1.54) is 17.7 Å². The van der Waals surface area contributed by atoms with Crippen LogP contribution in [0.1, 0.15) is 34.4 Å². The summed E-state index contributed by atoms with van der Waals surface area (Å²) in [5, 5.41) is 10.9. The first-order valence-electron chi connectivity index (χ1n) is 6.98. The molecule has 0 radical (unpaired) electrons. The number of aromatic nitrogens is 1. The lowest BCUT2D eigenvalue weighted by Crippen LogP contribution is -1.88. The summed E-state index contributed by atoms with van der Waals surface area (Å²) in [4.78, 5) is 4.58. The number of phenols is 1. The molecule has 0 amide bonds. The third kappa shape index (κ3) is 2.10. The van der Waals surface area contributed by atoms with E-state index in [0.717, 1.165) is 27.2 Å². The van der Waals surface area contributed by atoms with Crippen LogP contribution in [0.2, 0.25) is 0 Å². The fourth-order valence-corrected chi connectivity index (χ4v) is 4.06. The normalized spacial score (nSPS) is 20.9. The van der Waals surface area contributed by atoms with Crippen LogP contribution in [0.5, 0.6) is 5.75 Å². The van der Waals surface area contributed by atoms with Crippen molar-refractivity contribution in [2.24, 2.45) is 0 Å². The number of fused-ring (bicyclic) bond motifs is 1. The van der Waals surface area contributed by atoms with E-state index in [9.17, 15) is 9.50 Å². The molecule has 2 atom stereocenters. The topological polar surface area (TPSA) is 33.1 Å². The highest BCUT2D eigenvalue weighted by molar-refractivity contribution is 7.18.